The highest BCUT2D eigenvalue weighted by Gasteiger charge is 2.85. The Bertz CT molecular complexity index is 719. The zero-order valence-corrected chi connectivity index (χ0v) is 18.1. The van der Waals surface area contributed by atoms with Crippen LogP contribution in [0.3, 0.4) is 0 Å². The molecule has 6 aliphatic rings. The standard InChI is InChI=1S/C23H37NO5/c1-5-24-10-21(2)7-6-14(25)23-12-8-11-13(28-3)9-22(27,15(12)17(11)26)16(20(23)24)18(29-4)19(21)23/h11-20,25-27H,5-10H2,1-4H3. The van der Waals surface area contributed by atoms with E-state index in [1.807, 2.05) is 0 Å². The number of ether oxygens (including phenoxy) is 2. The number of fused-ring (bicyclic) bond motifs is 2. The van der Waals surface area contributed by atoms with Crippen molar-refractivity contribution >= 4 is 0 Å². The fourth-order valence-electron chi connectivity index (χ4n) is 10.4. The van der Waals surface area contributed by atoms with Gasteiger partial charge in [0.1, 0.15) is 0 Å². The van der Waals surface area contributed by atoms with Crippen LogP contribution in [0.15, 0.2) is 0 Å². The third kappa shape index (κ3) is 1.85. The van der Waals surface area contributed by atoms with Crippen molar-refractivity contribution in [2.45, 2.75) is 75.6 Å². The van der Waals surface area contributed by atoms with E-state index in [1.165, 1.54) is 0 Å². The van der Waals surface area contributed by atoms with E-state index < -0.39 is 17.8 Å². The zero-order valence-electron chi connectivity index (χ0n) is 18.1. The molecule has 7 bridgehead atoms. The lowest BCUT2D eigenvalue weighted by Crippen LogP contribution is -2.75. The molecule has 29 heavy (non-hydrogen) atoms. The summed E-state index contributed by atoms with van der Waals surface area (Å²) in [4.78, 5) is 2.55. The van der Waals surface area contributed by atoms with Gasteiger partial charge >= 0.3 is 0 Å². The molecule has 5 aliphatic carbocycles. The average Bonchev–Trinajstić information content (AvgIpc) is 3.11. The summed E-state index contributed by atoms with van der Waals surface area (Å²) >= 11 is 0. The van der Waals surface area contributed by atoms with Crippen LogP contribution in [0.5, 0.6) is 0 Å². The van der Waals surface area contributed by atoms with Crippen molar-refractivity contribution in [1.29, 1.82) is 0 Å². The highest BCUT2D eigenvalue weighted by molar-refractivity contribution is 5.35. The van der Waals surface area contributed by atoms with Crippen LogP contribution in [0.2, 0.25) is 0 Å². The van der Waals surface area contributed by atoms with Crippen molar-refractivity contribution in [3.8, 4) is 0 Å². The van der Waals surface area contributed by atoms with E-state index in [2.05, 4.69) is 18.7 Å². The van der Waals surface area contributed by atoms with Gasteiger partial charge in [-0.2, -0.15) is 0 Å². The molecule has 0 aromatic heterocycles. The Morgan fingerprint density at radius 2 is 1.90 bits per heavy atom. The van der Waals surface area contributed by atoms with E-state index in [0.717, 1.165) is 32.4 Å². The van der Waals surface area contributed by atoms with Gasteiger partial charge in [0.2, 0.25) is 0 Å². The smallest absolute Gasteiger partial charge is 0.0796 e. The third-order valence-electron chi connectivity index (χ3n) is 10.9. The van der Waals surface area contributed by atoms with Gasteiger partial charge in [0.25, 0.3) is 0 Å². The maximum Gasteiger partial charge on any atom is 0.0796 e. The van der Waals surface area contributed by atoms with Gasteiger partial charge in [0.05, 0.1) is 30.0 Å². The number of hydrogen-bond donors (Lipinski definition) is 3. The highest BCUT2D eigenvalue weighted by atomic mass is 16.5. The molecule has 3 N–H and O–H groups in total. The van der Waals surface area contributed by atoms with Crippen LogP contribution in [-0.4, -0.2) is 83.6 Å². The van der Waals surface area contributed by atoms with Crippen molar-refractivity contribution in [3.63, 3.8) is 0 Å². The van der Waals surface area contributed by atoms with Crippen LogP contribution < -0.4 is 0 Å². The van der Waals surface area contributed by atoms with Gasteiger partial charge in [-0.3, -0.25) is 4.90 Å². The van der Waals surface area contributed by atoms with Crippen molar-refractivity contribution < 1.29 is 24.8 Å². The largest absolute Gasteiger partial charge is 0.392 e. The minimum Gasteiger partial charge on any atom is -0.392 e. The summed E-state index contributed by atoms with van der Waals surface area (Å²) in [6.07, 6.45) is 2.05. The molecule has 6 rings (SSSR count). The van der Waals surface area contributed by atoms with Gasteiger partial charge in [-0.05, 0) is 37.1 Å². The minimum absolute atomic E-state index is 0.0566. The fraction of sp³-hybridized carbons (Fsp3) is 1.00. The van der Waals surface area contributed by atoms with Gasteiger partial charge in [-0.1, -0.05) is 13.8 Å². The third-order valence-corrected chi connectivity index (χ3v) is 10.9. The molecular formula is C23H37NO5. The second-order valence-electron chi connectivity index (χ2n) is 11.4. The van der Waals surface area contributed by atoms with E-state index in [4.69, 9.17) is 9.47 Å². The molecule has 0 radical (unpaired) electrons. The van der Waals surface area contributed by atoms with Crippen molar-refractivity contribution in [2.24, 2.45) is 40.4 Å². The molecule has 1 heterocycles. The van der Waals surface area contributed by atoms with E-state index in [9.17, 15) is 15.3 Å². The maximum absolute atomic E-state index is 12.4. The van der Waals surface area contributed by atoms with Crippen molar-refractivity contribution in [2.75, 3.05) is 27.3 Å². The number of aliphatic hydroxyl groups is 3. The molecule has 1 aliphatic heterocycles. The Labute approximate surface area is 173 Å². The highest BCUT2D eigenvalue weighted by Crippen LogP contribution is 2.79. The summed E-state index contributed by atoms with van der Waals surface area (Å²) in [5.41, 5.74) is -1.24. The number of methoxy groups -OCH3 is 2. The molecule has 164 valence electrons. The Balaban J connectivity index is 1.63. The molecule has 0 aromatic rings. The first-order valence-electron chi connectivity index (χ1n) is 11.7. The number of hydrogen-bond acceptors (Lipinski definition) is 6. The predicted octanol–water partition coefficient (Wildman–Crippen LogP) is 0.876. The SMILES string of the molecule is CCN1CC2(C)CCC(O)C34C5CC6C(OC)CC(O)(C5C6O)C(C(OC)C23)C14. The second-order valence-corrected chi connectivity index (χ2v) is 11.4. The van der Waals surface area contributed by atoms with E-state index >= 15 is 0 Å². The zero-order chi connectivity index (χ0) is 20.5. The van der Waals surface area contributed by atoms with Crippen molar-refractivity contribution in [3.05, 3.63) is 0 Å². The number of likely N-dealkylation sites (tertiary alicyclic amines) is 1. The lowest BCUT2D eigenvalue weighted by Gasteiger charge is -2.68. The summed E-state index contributed by atoms with van der Waals surface area (Å²) in [7, 11) is 3.49. The van der Waals surface area contributed by atoms with Crippen LogP contribution in [0.25, 0.3) is 0 Å². The number of nitrogens with zero attached hydrogens (tertiary/aromatic N) is 1. The molecule has 13 unspecified atom stereocenters. The summed E-state index contributed by atoms with van der Waals surface area (Å²) in [6.45, 7) is 6.52. The normalized spacial score (nSPS) is 65.1. The van der Waals surface area contributed by atoms with Crippen LogP contribution in [0.1, 0.15) is 39.5 Å². The van der Waals surface area contributed by atoms with Crippen LogP contribution in [0, 0.1) is 40.4 Å². The first kappa shape index (κ1) is 19.4. The summed E-state index contributed by atoms with van der Waals surface area (Å²) < 4.78 is 12.1. The summed E-state index contributed by atoms with van der Waals surface area (Å²) in [6, 6.07) is 0.110. The monoisotopic (exact) mass is 407 g/mol. The van der Waals surface area contributed by atoms with Gasteiger partial charge in [0, 0.05) is 62.3 Å². The molecule has 6 heteroatoms. The molecule has 0 amide bonds. The molecule has 5 saturated carbocycles. The summed E-state index contributed by atoms with van der Waals surface area (Å²) in [5.74, 6) is 0.119. The number of piperidine rings is 1. The average molecular weight is 408 g/mol. The van der Waals surface area contributed by atoms with Crippen LogP contribution >= 0.6 is 0 Å². The lowest BCUT2D eigenvalue weighted by atomic mass is 9.43. The molecule has 6 fully saturated rings. The van der Waals surface area contributed by atoms with Crippen LogP contribution in [-0.2, 0) is 9.47 Å². The predicted molar refractivity (Wildman–Crippen MR) is 106 cm³/mol. The summed E-state index contributed by atoms with van der Waals surface area (Å²) in [5, 5.41) is 35.4. The van der Waals surface area contributed by atoms with Gasteiger partial charge in [-0.15, -0.1) is 0 Å². The Morgan fingerprint density at radius 1 is 1.14 bits per heavy atom. The van der Waals surface area contributed by atoms with Crippen molar-refractivity contribution in [1.82, 2.24) is 4.90 Å². The first-order valence-corrected chi connectivity index (χ1v) is 11.7. The second kappa shape index (κ2) is 5.76. The van der Waals surface area contributed by atoms with Gasteiger partial charge in [0.15, 0.2) is 0 Å². The van der Waals surface area contributed by atoms with E-state index in [0.29, 0.717) is 6.42 Å². The maximum atomic E-state index is 12.4. The Hall–Kier alpha value is -0.240. The quantitative estimate of drug-likeness (QED) is 0.644. The van der Waals surface area contributed by atoms with Crippen LogP contribution in [0.4, 0.5) is 0 Å². The topological polar surface area (TPSA) is 82.4 Å². The molecule has 1 spiro atoms. The fourth-order valence-corrected chi connectivity index (χ4v) is 10.4. The number of aliphatic hydroxyl groups excluding tert-OH is 2. The lowest BCUT2D eigenvalue weighted by molar-refractivity contribution is -0.266. The first-order chi connectivity index (χ1) is 13.8. The molecule has 1 saturated heterocycles. The number of rotatable bonds is 3. The molecule has 13 atom stereocenters. The van der Waals surface area contributed by atoms with E-state index in [1.54, 1.807) is 14.2 Å². The molecule has 6 nitrogen and oxygen atoms in total. The van der Waals surface area contributed by atoms with E-state index in [-0.39, 0.29) is 58.7 Å². The Morgan fingerprint density at radius 3 is 2.55 bits per heavy atom. The van der Waals surface area contributed by atoms with Gasteiger partial charge in [-0.25, -0.2) is 0 Å². The van der Waals surface area contributed by atoms with Gasteiger partial charge < -0.3 is 24.8 Å². The molecular weight excluding hydrogens is 370 g/mol. The minimum atomic E-state index is -1.01. The Kier molecular flexibility index (Phi) is 3.86. The molecule has 0 aromatic carbocycles.